The molecule has 1 amide bonds. The highest BCUT2D eigenvalue weighted by Crippen LogP contribution is 2.20. The number of carbonyl (C=O) groups is 1. The van der Waals surface area contributed by atoms with Crippen molar-refractivity contribution in [2.45, 2.75) is 33.2 Å². The van der Waals surface area contributed by atoms with E-state index in [1.54, 1.807) is 20.8 Å². The molecule has 0 radical (unpaired) electrons. The van der Waals surface area contributed by atoms with Crippen LogP contribution in [0.5, 0.6) is 0 Å². The van der Waals surface area contributed by atoms with E-state index in [1.165, 1.54) is 6.92 Å². The number of hydrogen-bond acceptors (Lipinski definition) is 5. The molecular formula is C8H13N5O4. The third-order valence-electron chi connectivity index (χ3n) is 1.83. The van der Waals surface area contributed by atoms with Crippen molar-refractivity contribution >= 4 is 17.5 Å². The largest absolute Gasteiger partial charge is 0.655 e. The van der Waals surface area contributed by atoms with Crippen LogP contribution in [-0.2, 0) is 10.3 Å². The van der Waals surface area contributed by atoms with Crippen LogP contribution in [-0.4, -0.2) is 20.7 Å². The van der Waals surface area contributed by atoms with Crippen molar-refractivity contribution in [1.82, 2.24) is 9.90 Å². The van der Waals surface area contributed by atoms with Crippen molar-refractivity contribution in [2.24, 2.45) is 0 Å². The number of aromatic nitrogens is 3. The van der Waals surface area contributed by atoms with Gasteiger partial charge in [-0.1, -0.05) is 4.85 Å². The summed E-state index contributed by atoms with van der Waals surface area (Å²) in [7, 11) is 0. The van der Waals surface area contributed by atoms with E-state index in [1.807, 2.05) is 0 Å². The Balaban J connectivity index is 3.40. The smallest absolute Gasteiger partial charge is 0.495 e. The standard InChI is InChI=1S/C8H13N5O4/c1-5(14)9-6-7(12(16)17)11(15)13(10-6)8(2,3)4/h1-4H3,(H,9,10,14). The predicted octanol–water partition coefficient (Wildman–Crippen LogP) is 0.138. The maximum Gasteiger partial charge on any atom is 0.495 e. The molecule has 0 bridgehead atoms. The first-order chi connectivity index (χ1) is 7.64. The summed E-state index contributed by atoms with van der Waals surface area (Å²) in [5.41, 5.74) is -0.733. The first kappa shape index (κ1) is 12.9. The zero-order valence-corrected chi connectivity index (χ0v) is 9.92. The van der Waals surface area contributed by atoms with Gasteiger partial charge in [0, 0.05) is 16.6 Å². The van der Waals surface area contributed by atoms with Crippen LogP contribution in [0.1, 0.15) is 27.7 Å². The summed E-state index contributed by atoms with van der Waals surface area (Å²) in [4.78, 5) is 21.7. The van der Waals surface area contributed by atoms with Gasteiger partial charge in [0.1, 0.15) is 10.6 Å². The molecule has 0 spiro atoms. The molecule has 1 aromatic rings. The Kier molecular flexibility index (Phi) is 3.03. The van der Waals surface area contributed by atoms with Crippen LogP contribution >= 0.6 is 0 Å². The van der Waals surface area contributed by atoms with Gasteiger partial charge in [-0.3, -0.25) is 10.1 Å². The van der Waals surface area contributed by atoms with Crippen molar-refractivity contribution < 1.29 is 14.6 Å². The first-order valence-corrected chi connectivity index (χ1v) is 4.80. The lowest BCUT2D eigenvalue weighted by Crippen LogP contribution is -2.47. The zero-order chi connectivity index (χ0) is 13.4. The second-order valence-electron chi connectivity index (χ2n) is 4.44. The number of hydrogen-bond donors (Lipinski definition) is 1. The second kappa shape index (κ2) is 4.00. The number of amides is 1. The molecule has 17 heavy (non-hydrogen) atoms. The average molecular weight is 243 g/mol. The van der Waals surface area contributed by atoms with E-state index in [0.29, 0.717) is 0 Å². The van der Waals surface area contributed by atoms with E-state index in [2.05, 4.69) is 10.4 Å². The summed E-state index contributed by atoms with van der Waals surface area (Å²) in [6, 6.07) is 0. The summed E-state index contributed by atoms with van der Waals surface area (Å²) >= 11 is 0. The molecule has 1 aromatic heterocycles. The van der Waals surface area contributed by atoms with E-state index < -0.39 is 22.2 Å². The molecule has 1 N–H and O–H groups in total. The third kappa shape index (κ3) is 2.49. The number of rotatable bonds is 2. The number of nitrogens with one attached hydrogen (secondary N) is 1. The minimum atomic E-state index is -0.881. The van der Waals surface area contributed by atoms with Crippen molar-refractivity contribution in [3.8, 4) is 0 Å². The maximum atomic E-state index is 11.7. The van der Waals surface area contributed by atoms with Crippen LogP contribution in [0.15, 0.2) is 0 Å². The highest BCUT2D eigenvalue weighted by molar-refractivity contribution is 5.88. The highest BCUT2D eigenvalue weighted by Gasteiger charge is 2.39. The Hall–Kier alpha value is -2.19. The van der Waals surface area contributed by atoms with Crippen molar-refractivity contribution in [3.05, 3.63) is 15.3 Å². The van der Waals surface area contributed by atoms with Crippen molar-refractivity contribution in [1.29, 1.82) is 0 Å². The number of carbonyl (C=O) groups excluding carboxylic acids is 1. The molecule has 9 nitrogen and oxygen atoms in total. The van der Waals surface area contributed by atoms with Crippen molar-refractivity contribution in [3.63, 3.8) is 0 Å². The van der Waals surface area contributed by atoms with E-state index in [9.17, 15) is 20.1 Å². The fourth-order valence-electron chi connectivity index (χ4n) is 1.19. The van der Waals surface area contributed by atoms with E-state index in [-0.39, 0.29) is 10.7 Å². The van der Waals surface area contributed by atoms with Crippen LogP contribution in [0.2, 0.25) is 0 Å². The van der Waals surface area contributed by atoms with Gasteiger partial charge in [0.05, 0.1) is 0 Å². The normalized spacial score (nSPS) is 11.3. The van der Waals surface area contributed by atoms with Gasteiger partial charge >= 0.3 is 11.6 Å². The minimum Gasteiger partial charge on any atom is -0.655 e. The van der Waals surface area contributed by atoms with Gasteiger partial charge in [0.2, 0.25) is 5.91 Å². The molecule has 0 aromatic carbocycles. The lowest BCUT2D eigenvalue weighted by molar-refractivity contribution is -0.742. The van der Waals surface area contributed by atoms with Crippen LogP contribution < -0.4 is 10.2 Å². The van der Waals surface area contributed by atoms with Crippen LogP contribution in [0.3, 0.4) is 0 Å². The Morgan fingerprint density at radius 1 is 1.53 bits per heavy atom. The summed E-state index contributed by atoms with van der Waals surface area (Å²) < 4.78 is 0. The van der Waals surface area contributed by atoms with Gasteiger partial charge in [0.25, 0.3) is 0 Å². The molecule has 1 rings (SSSR count). The van der Waals surface area contributed by atoms with Crippen LogP contribution in [0.25, 0.3) is 0 Å². The van der Waals surface area contributed by atoms with E-state index >= 15 is 0 Å². The second-order valence-corrected chi connectivity index (χ2v) is 4.44. The Labute approximate surface area is 96.7 Å². The van der Waals surface area contributed by atoms with Gasteiger partial charge in [-0.25, -0.2) is 0 Å². The van der Waals surface area contributed by atoms with Gasteiger partial charge in [-0.2, -0.15) is 0 Å². The summed E-state index contributed by atoms with van der Waals surface area (Å²) in [6.45, 7) is 6.16. The molecule has 9 heteroatoms. The van der Waals surface area contributed by atoms with Gasteiger partial charge in [-0.05, 0) is 20.8 Å². The Morgan fingerprint density at radius 3 is 2.41 bits per heavy atom. The number of nitrogens with zero attached hydrogens (tertiary/aromatic N) is 4. The van der Waals surface area contributed by atoms with Gasteiger partial charge in [-0.15, -0.1) is 0 Å². The molecule has 0 aliphatic heterocycles. The Bertz CT molecular complexity index is 473. The van der Waals surface area contributed by atoms with Gasteiger partial charge in [0.15, 0.2) is 0 Å². The lowest BCUT2D eigenvalue weighted by atomic mass is 10.1. The molecular weight excluding hydrogens is 230 g/mol. The molecule has 0 aliphatic rings. The Morgan fingerprint density at radius 2 is 2.06 bits per heavy atom. The summed E-state index contributed by atoms with van der Waals surface area (Å²) in [6.07, 6.45) is 0. The summed E-state index contributed by atoms with van der Waals surface area (Å²) in [5, 5.41) is 28.3. The fourth-order valence-corrected chi connectivity index (χ4v) is 1.19. The predicted molar refractivity (Wildman–Crippen MR) is 57.1 cm³/mol. The van der Waals surface area contributed by atoms with Crippen LogP contribution in [0, 0.1) is 15.3 Å². The number of anilines is 1. The van der Waals surface area contributed by atoms with Crippen molar-refractivity contribution in [2.75, 3.05) is 5.32 Å². The van der Waals surface area contributed by atoms with Gasteiger partial charge < -0.3 is 15.3 Å². The topological polar surface area (TPSA) is 117 Å². The molecule has 0 atom stereocenters. The lowest BCUT2D eigenvalue weighted by Gasteiger charge is -2.12. The highest BCUT2D eigenvalue weighted by atomic mass is 16.6. The SMILES string of the molecule is CC(=O)Nc1nn(C(C)(C)C)[n+]([O-])c1[N+](=O)[O-]. The fraction of sp³-hybridized carbons (Fsp3) is 0.625. The molecule has 0 fully saturated rings. The maximum absolute atomic E-state index is 11.7. The monoisotopic (exact) mass is 243 g/mol. The van der Waals surface area contributed by atoms with E-state index in [0.717, 1.165) is 4.80 Å². The quantitative estimate of drug-likeness (QED) is 0.343. The third-order valence-corrected chi connectivity index (χ3v) is 1.83. The first-order valence-electron chi connectivity index (χ1n) is 4.80. The minimum absolute atomic E-state index is 0.0608. The van der Waals surface area contributed by atoms with Crippen LogP contribution in [0.4, 0.5) is 11.6 Å². The average Bonchev–Trinajstić information content (AvgIpc) is 2.40. The molecule has 1 heterocycles. The van der Waals surface area contributed by atoms with E-state index in [4.69, 9.17) is 0 Å². The molecule has 0 saturated heterocycles. The molecule has 0 saturated carbocycles. The number of nitro groups is 1. The zero-order valence-electron chi connectivity index (χ0n) is 9.92. The summed E-state index contributed by atoms with van der Waals surface area (Å²) in [5.74, 6) is -1.69. The molecule has 0 unspecified atom stereocenters. The molecule has 94 valence electrons. The molecule has 0 aliphatic carbocycles.